The molecule has 0 unspecified atom stereocenters. The van der Waals surface area contributed by atoms with Gasteiger partial charge in [0.25, 0.3) is 5.91 Å². The van der Waals surface area contributed by atoms with Crippen molar-refractivity contribution in [2.24, 2.45) is 0 Å². The molecule has 1 amide bonds. The quantitative estimate of drug-likeness (QED) is 0.813. The van der Waals surface area contributed by atoms with E-state index in [2.05, 4.69) is 11.1 Å². The Kier molecular flexibility index (Phi) is 4.80. The lowest BCUT2D eigenvalue weighted by Crippen LogP contribution is -2.20. The first-order valence-electron chi connectivity index (χ1n) is 6.11. The van der Waals surface area contributed by atoms with Crippen LogP contribution in [0, 0.1) is 0 Å². The Hall–Kier alpha value is -1.37. The van der Waals surface area contributed by atoms with Crippen molar-refractivity contribution in [1.82, 2.24) is 14.2 Å². The molecule has 1 aromatic heterocycles. The van der Waals surface area contributed by atoms with Crippen molar-refractivity contribution >= 4 is 29.2 Å². The maximum atomic E-state index is 11.9. The lowest BCUT2D eigenvalue weighted by atomic mass is 10.2. The molecule has 0 aliphatic heterocycles. The number of benzene rings is 1. The highest BCUT2D eigenvalue weighted by Gasteiger charge is 2.15. The molecule has 0 bridgehead atoms. The summed E-state index contributed by atoms with van der Waals surface area (Å²) in [5.74, 6) is -0.00788. The number of aromatic nitrogens is 1. The Balaban J connectivity index is 2.35. The maximum absolute atomic E-state index is 11.9. The van der Waals surface area contributed by atoms with Gasteiger partial charge in [-0.25, -0.2) is 4.98 Å². The van der Waals surface area contributed by atoms with Crippen LogP contribution in [0.1, 0.15) is 9.67 Å². The van der Waals surface area contributed by atoms with E-state index >= 15 is 0 Å². The third kappa shape index (κ3) is 3.39. The van der Waals surface area contributed by atoms with Gasteiger partial charge in [-0.05, 0) is 32.1 Å². The second kappa shape index (κ2) is 6.39. The number of carbonyl (C=O) groups is 1. The zero-order valence-electron chi connectivity index (χ0n) is 12.0. The molecule has 6 heteroatoms. The number of amides is 1. The molecule has 1 heterocycles. The summed E-state index contributed by atoms with van der Waals surface area (Å²) in [6.45, 7) is 0. The third-order valence-corrected chi connectivity index (χ3v) is 4.46. The molecule has 4 nitrogen and oxygen atoms in total. The molecule has 1 aromatic carbocycles. The minimum absolute atomic E-state index is 0.00788. The predicted octanol–water partition coefficient (Wildman–Crippen LogP) is 3.08. The van der Waals surface area contributed by atoms with Gasteiger partial charge in [-0.1, -0.05) is 18.2 Å². The van der Waals surface area contributed by atoms with Crippen LogP contribution in [0.4, 0.5) is 0 Å². The second-order valence-electron chi connectivity index (χ2n) is 4.63. The molecule has 0 saturated carbocycles. The molecule has 106 valence electrons. The van der Waals surface area contributed by atoms with Crippen molar-refractivity contribution < 1.29 is 4.79 Å². The number of carbonyl (C=O) groups excluding carboxylic acids is 1. The highest BCUT2D eigenvalue weighted by atomic mass is 32.2. The third-order valence-electron chi connectivity index (χ3n) is 2.52. The monoisotopic (exact) mass is 307 g/mol. The Morgan fingerprint density at radius 1 is 1.20 bits per heavy atom. The fourth-order valence-electron chi connectivity index (χ4n) is 1.64. The topological polar surface area (TPSA) is 36.4 Å². The summed E-state index contributed by atoms with van der Waals surface area (Å²) in [7, 11) is 7.50. The van der Waals surface area contributed by atoms with Crippen LogP contribution in [0.25, 0.3) is 10.6 Å². The van der Waals surface area contributed by atoms with Gasteiger partial charge in [0.2, 0.25) is 0 Å². The Labute approximate surface area is 127 Å². The van der Waals surface area contributed by atoms with E-state index in [1.807, 2.05) is 36.6 Å². The summed E-state index contributed by atoms with van der Waals surface area (Å²) in [5.41, 5.74) is 1.06. The molecule has 0 aliphatic carbocycles. The van der Waals surface area contributed by atoms with Gasteiger partial charge in [0.15, 0.2) is 0 Å². The molecular formula is C14H17N3OS2. The van der Waals surface area contributed by atoms with E-state index in [0.29, 0.717) is 4.88 Å². The highest BCUT2D eigenvalue weighted by molar-refractivity contribution is 7.97. The van der Waals surface area contributed by atoms with E-state index in [1.54, 1.807) is 37.1 Å². The van der Waals surface area contributed by atoms with Crippen LogP contribution in [0.2, 0.25) is 0 Å². The molecule has 0 N–H and O–H groups in total. The Morgan fingerprint density at radius 2 is 1.90 bits per heavy atom. The first-order valence-corrected chi connectivity index (χ1v) is 7.70. The van der Waals surface area contributed by atoms with E-state index in [4.69, 9.17) is 0 Å². The summed E-state index contributed by atoms with van der Waals surface area (Å²) in [6, 6.07) is 8.10. The number of hydrogen-bond donors (Lipinski definition) is 0. The van der Waals surface area contributed by atoms with Crippen LogP contribution < -0.4 is 0 Å². The molecule has 2 aromatic rings. The maximum Gasteiger partial charge on any atom is 0.265 e. The van der Waals surface area contributed by atoms with Gasteiger partial charge in [0.1, 0.15) is 9.88 Å². The number of hydrogen-bond acceptors (Lipinski definition) is 5. The van der Waals surface area contributed by atoms with Crippen molar-refractivity contribution in [3.05, 3.63) is 35.3 Å². The van der Waals surface area contributed by atoms with Crippen molar-refractivity contribution in [2.45, 2.75) is 4.90 Å². The lowest BCUT2D eigenvalue weighted by molar-refractivity contribution is 0.0832. The molecule has 0 spiro atoms. The normalized spacial score (nSPS) is 10.8. The number of thiazole rings is 1. The molecule has 0 fully saturated rings. The minimum atomic E-state index is -0.00788. The van der Waals surface area contributed by atoms with Crippen LogP contribution in [0.5, 0.6) is 0 Å². The summed E-state index contributed by atoms with van der Waals surface area (Å²) in [6.07, 6.45) is 1.65. The predicted molar refractivity (Wildman–Crippen MR) is 85.1 cm³/mol. The number of nitrogens with zero attached hydrogens (tertiary/aromatic N) is 3. The second-order valence-corrected chi connectivity index (χ2v) is 7.01. The van der Waals surface area contributed by atoms with E-state index in [1.165, 1.54) is 11.3 Å². The molecule has 0 saturated heterocycles. The van der Waals surface area contributed by atoms with Crippen molar-refractivity contribution in [3.63, 3.8) is 0 Å². The van der Waals surface area contributed by atoms with Crippen LogP contribution in [-0.4, -0.2) is 48.3 Å². The first-order chi connectivity index (χ1) is 9.49. The van der Waals surface area contributed by atoms with Crippen LogP contribution in [0.15, 0.2) is 35.4 Å². The summed E-state index contributed by atoms with van der Waals surface area (Å²) in [4.78, 5) is 19.7. The van der Waals surface area contributed by atoms with Crippen LogP contribution in [-0.2, 0) is 0 Å². The van der Waals surface area contributed by atoms with Gasteiger partial charge in [-0.3, -0.25) is 9.10 Å². The molecule has 0 atom stereocenters. The highest BCUT2D eigenvalue weighted by Crippen LogP contribution is 2.34. The molecular weight excluding hydrogens is 290 g/mol. The Morgan fingerprint density at radius 3 is 2.55 bits per heavy atom. The van der Waals surface area contributed by atoms with E-state index < -0.39 is 0 Å². The van der Waals surface area contributed by atoms with Gasteiger partial charge in [0.05, 0.1) is 6.20 Å². The lowest BCUT2D eigenvalue weighted by Gasteiger charge is -2.11. The van der Waals surface area contributed by atoms with Crippen molar-refractivity contribution in [1.29, 1.82) is 0 Å². The van der Waals surface area contributed by atoms with Crippen molar-refractivity contribution in [2.75, 3.05) is 28.2 Å². The summed E-state index contributed by atoms with van der Waals surface area (Å²) in [5, 5.41) is 0.875. The molecule has 0 radical (unpaired) electrons. The largest absolute Gasteiger partial charge is 0.344 e. The van der Waals surface area contributed by atoms with Gasteiger partial charge in [0, 0.05) is 24.6 Å². The van der Waals surface area contributed by atoms with Gasteiger partial charge >= 0.3 is 0 Å². The molecule has 0 aliphatic rings. The SMILES string of the molecule is CN(C)Sc1ccccc1-c1ncc(C(=O)N(C)C)s1. The molecule has 20 heavy (non-hydrogen) atoms. The zero-order chi connectivity index (χ0) is 14.7. The summed E-state index contributed by atoms with van der Waals surface area (Å²) < 4.78 is 2.04. The van der Waals surface area contributed by atoms with Crippen LogP contribution >= 0.6 is 23.3 Å². The fraction of sp³-hybridized carbons (Fsp3) is 0.286. The van der Waals surface area contributed by atoms with E-state index in [9.17, 15) is 4.79 Å². The van der Waals surface area contributed by atoms with Gasteiger partial charge in [-0.2, -0.15) is 0 Å². The minimum Gasteiger partial charge on any atom is -0.344 e. The molecule has 2 rings (SSSR count). The fourth-order valence-corrected chi connectivity index (χ4v) is 3.47. The average Bonchev–Trinajstić information content (AvgIpc) is 2.87. The standard InChI is InChI=1S/C14H17N3OS2/c1-16(2)14(18)12-9-15-13(19-12)10-7-5-6-8-11(10)20-17(3)4/h5-9H,1-4H3. The van der Waals surface area contributed by atoms with E-state index in [0.717, 1.165) is 15.5 Å². The van der Waals surface area contributed by atoms with Gasteiger partial charge in [-0.15, -0.1) is 11.3 Å². The zero-order valence-corrected chi connectivity index (χ0v) is 13.6. The Bertz CT molecular complexity index is 608. The first kappa shape index (κ1) is 15.0. The van der Waals surface area contributed by atoms with Crippen LogP contribution in [0.3, 0.4) is 0 Å². The number of rotatable bonds is 4. The average molecular weight is 307 g/mol. The summed E-state index contributed by atoms with van der Waals surface area (Å²) >= 11 is 3.08. The smallest absolute Gasteiger partial charge is 0.265 e. The van der Waals surface area contributed by atoms with Gasteiger partial charge < -0.3 is 4.90 Å². The van der Waals surface area contributed by atoms with Crippen molar-refractivity contribution in [3.8, 4) is 10.6 Å². The van der Waals surface area contributed by atoms with E-state index in [-0.39, 0.29) is 5.91 Å².